The van der Waals surface area contributed by atoms with Crippen LogP contribution in [0.5, 0.6) is 0 Å². The summed E-state index contributed by atoms with van der Waals surface area (Å²) in [6, 6.07) is 1.07. The largest absolute Gasteiger partial charge is 0.433 e. The van der Waals surface area contributed by atoms with Gasteiger partial charge in [-0.05, 0) is 25.2 Å². The van der Waals surface area contributed by atoms with Gasteiger partial charge in [-0.1, -0.05) is 6.92 Å². The first-order valence-corrected chi connectivity index (χ1v) is 6.98. The molecule has 2 aromatic rings. The van der Waals surface area contributed by atoms with Crippen molar-refractivity contribution in [2.75, 3.05) is 18.0 Å². The highest BCUT2D eigenvalue weighted by Gasteiger charge is 2.34. The number of fused-ring (bicyclic) bond motifs is 1. The normalized spacial score (nSPS) is 20.8. The number of alkyl halides is 3. The molecule has 3 heterocycles. The molecule has 0 spiro atoms. The Morgan fingerprint density at radius 1 is 1.24 bits per heavy atom. The van der Waals surface area contributed by atoms with Gasteiger partial charge in [0.15, 0.2) is 5.69 Å². The predicted octanol–water partition coefficient (Wildman–Crippen LogP) is 2.77. The van der Waals surface area contributed by atoms with E-state index in [2.05, 4.69) is 22.0 Å². The van der Waals surface area contributed by atoms with E-state index in [4.69, 9.17) is 0 Å². The Morgan fingerprint density at radius 3 is 2.81 bits per heavy atom. The highest BCUT2D eigenvalue weighted by atomic mass is 19.4. The molecule has 0 N–H and O–H groups in total. The summed E-state index contributed by atoms with van der Waals surface area (Å²) in [5.74, 6) is 0.987. The van der Waals surface area contributed by atoms with E-state index in [1.807, 2.05) is 4.90 Å². The quantitative estimate of drug-likeness (QED) is 0.812. The van der Waals surface area contributed by atoms with Gasteiger partial charge in [-0.15, -0.1) is 0 Å². The maximum atomic E-state index is 13.0. The van der Waals surface area contributed by atoms with Gasteiger partial charge in [-0.3, -0.25) is 0 Å². The monoisotopic (exact) mass is 299 g/mol. The number of rotatable bonds is 1. The van der Waals surface area contributed by atoms with Gasteiger partial charge in [-0.25, -0.2) is 4.98 Å². The van der Waals surface area contributed by atoms with Crippen LogP contribution in [-0.2, 0) is 6.18 Å². The van der Waals surface area contributed by atoms with Crippen LogP contribution in [0.25, 0.3) is 5.78 Å². The second kappa shape index (κ2) is 5.16. The number of aromatic nitrogens is 4. The first-order valence-electron chi connectivity index (χ1n) is 6.98. The third-order valence-corrected chi connectivity index (χ3v) is 3.86. The summed E-state index contributed by atoms with van der Waals surface area (Å²) in [5.41, 5.74) is -0.921. The summed E-state index contributed by atoms with van der Waals surface area (Å²) in [5, 5.41) is 4.00. The van der Waals surface area contributed by atoms with Gasteiger partial charge in [0.2, 0.25) is 0 Å². The molecule has 0 radical (unpaired) electrons. The van der Waals surface area contributed by atoms with Crippen molar-refractivity contribution in [2.24, 2.45) is 5.92 Å². The molecule has 1 unspecified atom stereocenters. The minimum absolute atomic E-state index is 0.0166. The molecule has 1 atom stereocenters. The minimum Gasteiger partial charge on any atom is -0.356 e. The summed E-state index contributed by atoms with van der Waals surface area (Å²) in [6.45, 7) is 3.61. The highest BCUT2D eigenvalue weighted by molar-refractivity contribution is 5.48. The lowest BCUT2D eigenvalue weighted by Gasteiger charge is -2.23. The van der Waals surface area contributed by atoms with Crippen molar-refractivity contribution >= 4 is 11.6 Å². The van der Waals surface area contributed by atoms with Crippen LogP contribution in [0, 0.1) is 5.92 Å². The molecule has 0 aliphatic carbocycles. The van der Waals surface area contributed by atoms with Gasteiger partial charge >= 0.3 is 6.18 Å². The Kier molecular flexibility index (Phi) is 3.46. The molecule has 2 aromatic heterocycles. The summed E-state index contributed by atoms with van der Waals surface area (Å²) >= 11 is 0. The first-order chi connectivity index (χ1) is 9.95. The van der Waals surface area contributed by atoms with Gasteiger partial charge in [0, 0.05) is 19.2 Å². The number of halogens is 3. The van der Waals surface area contributed by atoms with E-state index in [1.165, 1.54) is 10.8 Å². The van der Waals surface area contributed by atoms with E-state index in [1.54, 1.807) is 0 Å². The third kappa shape index (κ3) is 2.79. The Balaban J connectivity index is 2.05. The SMILES string of the molecule is CC1CCCN(c2cc(C(F)(F)F)nc3ncnn23)CC1. The molecule has 114 valence electrons. The van der Waals surface area contributed by atoms with Gasteiger partial charge in [0.1, 0.15) is 12.1 Å². The van der Waals surface area contributed by atoms with Crippen molar-refractivity contribution in [3.05, 3.63) is 18.1 Å². The van der Waals surface area contributed by atoms with Gasteiger partial charge in [0.05, 0.1) is 0 Å². The van der Waals surface area contributed by atoms with Crippen molar-refractivity contribution in [3.8, 4) is 0 Å². The second-order valence-corrected chi connectivity index (χ2v) is 5.49. The molecule has 0 amide bonds. The van der Waals surface area contributed by atoms with Gasteiger partial charge in [-0.2, -0.15) is 27.8 Å². The fourth-order valence-electron chi connectivity index (χ4n) is 2.66. The zero-order valence-corrected chi connectivity index (χ0v) is 11.6. The number of hydrogen-bond donors (Lipinski definition) is 0. The molecule has 1 aliphatic heterocycles. The molecular weight excluding hydrogens is 283 g/mol. The summed E-state index contributed by atoms with van der Waals surface area (Å²) in [6.07, 6.45) is -0.247. The highest BCUT2D eigenvalue weighted by Crippen LogP contribution is 2.31. The minimum atomic E-state index is -4.48. The lowest BCUT2D eigenvalue weighted by molar-refractivity contribution is -0.141. The van der Waals surface area contributed by atoms with E-state index in [-0.39, 0.29) is 5.78 Å². The van der Waals surface area contributed by atoms with Crippen LogP contribution in [0.4, 0.5) is 19.0 Å². The van der Waals surface area contributed by atoms with Crippen LogP contribution in [-0.4, -0.2) is 32.7 Å². The van der Waals surface area contributed by atoms with E-state index in [0.29, 0.717) is 11.7 Å². The molecule has 3 rings (SSSR count). The molecule has 1 aliphatic rings. The van der Waals surface area contributed by atoms with Crippen LogP contribution in [0.1, 0.15) is 31.9 Å². The lowest BCUT2D eigenvalue weighted by Crippen LogP contribution is -2.27. The Morgan fingerprint density at radius 2 is 2.05 bits per heavy atom. The predicted molar refractivity (Wildman–Crippen MR) is 71.0 cm³/mol. The van der Waals surface area contributed by atoms with Crippen molar-refractivity contribution in [1.29, 1.82) is 0 Å². The molecule has 21 heavy (non-hydrogen) atoms. The van der Waals surface area contributed by atoms with E-state index in [9.17, 15) is 13.2 Å². The molecule has 5 nitrogen and oxygen atoms in total. The molecule has 0 bridgehead atoms. The van der Waals surface area contributed by atoms with Crippen LogP contribution >= 0.6 is 0 Å². The second-order valence-electron chi connectivity index (χ2n) is 5.49. The average Bonchev–Trinajstić information content (AvgIpc) is 2.79. The lowest BCUT2D eigenvalue weighted by atomic mass is 10.0. The topological polar surface area (TPSA) is 46.3 Å². The smallest absolute Gasteiger partial charge is 0.356 e. The van der Waals surface area contributed by atoms with Crippen LogP contribution in [0.2, 0.25) is 0 Å². The molecule has 1 saturated heterocycles. The summed E-state index contributed by atoms with van der Waals surface area (Å²) in [4.78, 5) is 9.29. The number of anilines is 1. The van der Waals surface area contributed by atoms with E-state index >= 15 is 0 Å². The third-order valence-electron chi connectivity index (χ3n) is 3.86. The Bertz CT molecular complexity index is 636. The van der Waals surface area contributed by atoms with Crippen molar-refractivity contribution in [1.82, 2.24) is 19.6 Å². The molecule has 0 saturated carbocycles. The van der Waals surface area contributed by atoms with E-state index < -0.39 is 11.9 Å². The first kappa shape index (κ1) is 14.1. The van der Waals surface area contributed by atoms with Crippen LogP contribution in [0.3, 0.4) is 0 Å². The zero-order valence-electron chi connectivity index (χ0n) is 11.6. The van der Waals surface area contributed by atoms with E-state index in [0.717, 1.165) is 38.4 Å². The Labute approximate surface area is 119 Å². The standard InChI is InChI=1S/C13H16F3N5/c1-9-3-2-5-20(6-4-9)11-7-10(13(14,15)16)19-12-17-8-18-21(11)12/h7-9H,2-6H2,1H3. The number of hydrogen-bond acceptors (Lipinski definition) is 4. The van der Waals surface area contributed by atoms with Crippen molar-refractivity contribution in [2.45, 2.75) is 32.4 Å². The van der Waals surface area contributed by atoms with Crippen LogP contribution in [0.15, 0.2) is 12.4 Å². The average molecular weight is 299 g/mol. The van der Waals surface area contributed by atoms with Crippen LogP contribution < -0.4 is 4.90 Å². The van der Waals surface area contributed by atoms with Gasteiger partial charge in [0.25, 0.3) is 5.78 Å². The Hall–Kier alpha value is -1.86. The van der Waals surface area contributed by atoms with Crippen molar-refractivity contribution in [3.63, 3.8) is 0 Å². The van der Waals surface area contributed by atoms with Gasteiger partial charge < -0.3 is 4.90 Å². The summed E-state index contributed by atoms with van der Waals surface area (Å²) in [7, 11) is 0. The fraction of sp³-hybridized carbons (Fsp3) is 0.615. The fourth-order valence-corrected chi connectivity index (χ4v) is 2.66. The molecular formula is C13H16F3N5. The maximum Gasteiger partial charge on any atom is 0.433 e. The zero-order chi connectivity index (χ0) is 15.0. The number of nitrogens with zero attached hydrogens (tertiary/aromatic N) is 5. The molecule has 0 aromatic carbocycles. The van der Waals surface area contributed by atoms with Crippen molar-refractivity contribution < 1.29 is 13.2 Å². The molecule has 8 heteroatoms. The maximum absolute atomic E-state index is 13.0. The molecule has 1 fully saturated rings. The summed E-state index contributed by atoms with van der Waals surface area (Å²) < 4.78 is 40.3.